The lowest BCUT2D eigenvalue weighted by atomic mass is 9.72. The van der Waals surface area contributed by atoms with Crippen LogP contribution in [0.4, 0.5) is 24.2 Å². The van der Waals surface area contributed by atoms with Crippen molar-refractivity contribution in [2.24, 2.45) is 5.41 Å². The van der Waals surface area contributed by atoms with E-state index in [1.54, 1.807) is 9.80 Å². The minimum Gasteiger partial charge on any atom is -0.484 e. The quantitative estimate of drug-likeness (QED) is 0.335. The van der Waals surface area contributed by atoms with Crippen molar-refractivity contribution in [3.8, 4) is 6.01 Å². The molecular formula is C34H41BrF2IN5O6. The third-order valence-electron chi connectivity index (χ3n) is 8.91. The number of nitrogens with zero attached hydrogens (tertiary/aromatic N) is 5. The molecular weight excluding hydrogens is 819 g/mol. The van der Waals surface area contributed by atoms with Crippen LogP contribution in [-0.2, 0) is 20.8 Å². The van der Waals surface area contributed by atoms with Crippen LogP contribution in [0.5, 0.6) is 6.01 Å². The van der Waals surface area contributed by atoms with E-state index >= 15 is 0 Å². The van der Waals surface area contributed by atoms with Crippen LogP contribution in [0.2, 0.25) is 0 Å². The third-order valence-corrected chi connectivity index (χ3v) is 12.4. The standard InChI is InChI=1S/C34H41BrF2IN5O6/c1-33(2,3)49-32(45)43-20-34(21-43)11-15-41(16-12-34)29-24-17-38-28(35)27(46-19-25(36)37)26(24)39-30(40-29)48-23-9-13-42(14-10-23)31(44)47-18-22-7-5-4-6-8-22/h4-8,17,23,25H,9-16,18-21H2,1-3H3. The fourth-order valence-corrected chi connectivity index (χ4v) is 9.09. The van der Waals surface area contributed by atoms with Crippen molar-refractivity contribution in [1.82, 2.24) is 19.8 Å². The van der Waals surface area contributed by atoms with Crippen molar-refractivity contribution in [1.29, 1.82) is 0 Å². The fourth-order valence-electron chi connectivity index (χ4n) is 6.36. The molecule has 4 aliphatic rings. The van der Waals surface area contributed by atoms with Gasteiger partial charge in [0.15, 0.2) is 5.76 Å². The van der Waals surface area contributed by atoms with Crippen LogP contribution >= 0.6 is 36.7 Å². The molecule has 0 N–H and O–H groups in total. The van der Waals surface area contributed by atoms with E-state index in [1.807, 2.05) is 51.1 Å². The Hall–Kier alpha value is -3.08. The van der Waals surface area contributed by atoms with E-state index in [0.717, 1.165) is 26.0 Å². The van der Waals surface area contributed by atoms with Crippen molar-refractivity contribution >= 4 is 66.9 Å². The number of benzene rings is 1. The molecule has 3 fully saturated rings. The van der Waals surface area contributed by atoms with Crippen LogP contribution in [0.1, 0.15) is 52.0 Å². The minimum atomic E-state index is -2.64. The molecule has 6 rings (SSSR count). The highest BCUT2D eigenvalue weighted by Gasteiger charge is 2.48. The summed E-state index contributed by atoms with van der Waals surface area (Å²) in [6.45, 7) is 8.69. The number of likely N-dealkylation sites (tertiary alicyclic amines) is 2. The van der Waals surface area contributed by atoms with E-state index in [0.29, 0.717) is 69.0 Å². The molecule has 0 bridgehead atoms. The average Bonchev–Trinajstić information content (AvgIpc) is 3.05. The smallest absolute Gasteiger partial charge is 0.410 e. The van der Waals surface area contributed by atoms with Crippen LogP contribution in [0.3, 0.4) is 0 Å². The number of anilines is 1. The molecule has 0 atom stereocenters. The number of halogens is 4. The summed E-state index contributed by atoms with van der Waals surface area (Å²) in [7, 11) is 0. The van der Waals surface area contributed by atoms with Gasteiger partial charge in [-0.25, -0.2) is 18.4 Å². The first-order valence-corrected chi connectivity index (χ1v) is 19.5. The maximum atomic E-state index is 13.2. The summed E-state index contributed by atoms with van der Waals surface area (Å²) in [6.07, 6.45) is -0.692. The molecule has 0 unspecified atom stereocenters. The van der Waals surface area contributed by atoms with Gasteiger partial charge in [-0.05, 0) is 59.2 Å². The second-order valence-electron chi connectivity index (χ2n) is 13.8. The topological polar surface area (TPSA) is 107 Å². The largest absolute Gasteiger partial charge is 0.484 e. The number of piperidine rings is 2. The first-order valence-electron chi connectivity index (χ1n) is 16.4. The molecule has 11 nitrogen and oxygen atoms in total. The molecule has 0 aliphatic carbocycles. The van der Waals surface area contributed by atoms with Gasteiger partial charge in [0.25, 0.3) is 6.43 Å². The third kappa shape index (κ3) is 8.81. The van der Waals surface area contributed by atoms with Crippen LogP contribution in [0.25, 0.3) is 9.84 Å². The molecule has 15 heteroatoms. The SMILES string of the molecule is CC(C)(C)OC(=O)N1CC2(CCN(c3nc(OC4CCN(C(=O)OCc5ccccc5)CC4)nc4c3=CI=C(Br)C=4OCC(F)F)CC2)C1. The maximum Gasteiger partial charge on any atom is 0.410 e. The summed E-state index contributed by atoms with van der Waals surface area (Å²) in [5.74, 6) is 0.994. The van der Waals surface area contributed by atoms with Gasteiger partial charge in [0.1, 0.15) is 36.1 Å². The average molecular weight is 861 g/mol. The highest BCUT2D eigenvalue weighted by molar-refractivity contribution is 14.2. The van der Waals surface area contributed by atoms with Gasteiger partial charge in [-0.1, -0.05) is 51.1 Å². The highest BCUT2D eigenvalue weighted by atomic mass is 127. The molecule has 1 spiro atoms. The number of aromatic nitrogens is 2. The molecule has 2 aromatic rings. The van der Waals surface area contributed by atoms with Gasteiger partial charge in [-0.15, -0.1) is 0 Å². The van der Waals surface area contributed by atoms with E-state index in [1.165, 1.54) is 0 Å². The summed E-state index contributed by atoms with van der Waals surface area (Å²) >= 11 is 2.86. The van der Waals surface area contributed by atoms with Crippen LogP contribution < -0.4 is 20.2 Å². The Morgan fingerprint density at radius 2 is 1.71 bits per heavy atom. The van der Waals surface area contributed by atoms with Gasteiger partial charge in [0.2, 0.25) is 0 Å². The number of hydrogen-bond donors (Lipinski definition) is 0. The van der Waals surface area contributed by atoms with E-state index in [-0.39, 0.29) is 36.3 Å². The summed E-state index contributed by atoms with van der Waals surface area (Å²) < 4.78 is 52.3. The van der Waals surface area contributed by atoms with Gasteiger partial charge in [-0.2, -0.15) is 9.97 Å². The van der Waals surface area contributed by atoms with Gasteiger partial charge in [0, 0.05) is 57.5 Å². The highest BCUT2D eigenvalue weighted by Crippen LogP contribution is 2.41. The predicted octanol–water partition coefficient (Wildman–Crippen LogP) is 5.13. The normalized spacial score (nSPS) is 19.3. The Kier molecular flexibility index (Phi) is 11.0. The van der Waals surface area contributed by atoms with Crippen LogP contribution in [-0.4, -0.2) is 98.4 Å². The molecule has 1 aromatic heterocycles. The first-order chi connectivity index (χ1) is 23.4. The zero-order valence-electron chi connectivity index (χ0n) is 27.8. The van der Waals surface area contributed by atoms with Gasteiger partial charge < -0.3 is 33.6 Å². The summed E-state index contributed by atoms with van der Waals surface area (Å²) in [5, 5.41) is 1.20. The predicted molar refractivity (Wildman–Crippen MR) is 193 cm³/mol. The van der Waals surface area contributed by atoms with Gasteiger partial charge >= 0.3 is 18.2 Å². The molecule has 49 heavy (non-hydrogen) atoms. The van der Waals surface area contributed by atoms with Gasteiger partial charge in [0.05, 0.1) is 7.64 Å². The number of carbonyl (C=O) groups is 2. The lowest BCUT2D eigenvalue weighted by Gasteiger charge is -2.53. The Morgan fingerprint density at radius 1 is 1.02 bits per heavy atom. The molecule has 5 heterocycles. The summed E-state index contributed by atoms with van der Waals surface area (Å²) in [4.78, 5) is 40.5. The Labute approximate surface area is 302 Å². The number of hydrogen-bond acceptors (Lipinski definition) is 9. The van der Waals surface area contributed by atoms with E-state index < -0.39 is 39.4 Å². The lowest BCUT2D eigenvalue weighted by molar-refractivity contribution is -0.0435. The second-order valence-corrected chi connectivity index (χ2v) is 18.4. The van der Waals surface area contributed by atoms with Crippen LogP contribution in [0, 0.1) is 5.41 Å². The van der Waals surface area contributed by atoms with Crippen LogP contribution in [0.15, 0.2) is 30.3 Å². The number of carbonyl (C=O) groups excluding carboxylic acids is 2. The van der Waals surface area contributed by atoms with E-state index in [4.69, 9.17) is 28.9 Å². The zero-order valence-corrected chi connectivity index (χ0v) is 31.5. The van der Waals surface area contributed by atoms with Crippen molar-refractivity contribution in [2.45, 2.75) is 71.2 Å². The zero-order chi connectivity index (χ0) is 34.8. The van der Waals surface area contributed by atoms with Gasteiger partial charge in [-0.3, -0.25) is 0 Å². The van der Waals surface area contributed by atoms with Crippen molar-refractivity contribution in [3.05, 3.63) is 46.5 Å². The first kappa shape index (κ1) is 35.7. The van der Waals surface area contributed by atoms with Crippen molar-refractivity contribution in [3.63, 3.8) is 0 Å². The number of amides is 2. The number of fused-ring (bicyclic) bond motifs is 1. The fraction of sp³-hybridized carbons (Fsp3) is 0.559. The minimum absolute atomic E-state index is 0.0289. The Balaban J connectivity index is 1.15. The molecule has 4 aliphatic heterocycles. The number of ether oxygens (including phenoxy) is 4. The summed E-state index contributed by atoms with van der Waals surface area (Å²) in [6, 6.07) is 9.68. The maximum absolute atomic E-state index is 13.2. The van der Waals surface area contributed by atoms with E-state index in [9.17, 15) is 18.4 Å². The molecule has 3 saturated heterocycles. The molecule has 0 saturated carbocycles. The van der Waals surface area contributed by atoms with Crippen molar-refractivity contribution < 1.29 is 37.3 Å². The lowest BCUT2D eigenvalue weighted by Crippen LogP contribution is -2.62. The number of alkyl halides is 2. The molecule has 2 amide bonds. The number of rotatable bonds is 8. The molecule has 1 aromatic carbocycles. The summed E-state index contributed by atoms with van der Waals surface area (Å²) in [5.41, 5.74) is 0.410. The second kappa shape index (κ2) is 15.0. The Morgan fingerprint density at radius 3 is 2.37 bits per heavy atom. The molecule has 0 radical (unpaired) electrons. The van der Waals surface area contributed by atoms with E-state index in [2.05, 4.69) is 24.9 Å². The molecule has 266 valence electrons. The monoisotopic (exact) mass is 859 g/mol. The van der Waals surface area contributed by atoms with Crippen molar-refractivity contribution in [2.75, 3.05) is 50.8 Å². The Bertz CT molecular complexity index is 1680.